The molecule has 0 radical (unpaired) electrons. The van der Waals surface area contributed by atoms with E-state index in [1.165, 1.54) is 30.1 Å². The van der Waals surface area contributed by atoms with Gasteiger partial charge < -0.3 is 10.2 Å². The SMILES string of the molecule is CCC(C(=O)NC)N(Cc1ccc(Cl)cc1)C(=O)CN(c1cccc(C(F)(F)F)c1)S(=O)(=O)c1ccc(C)cc1. The molecule has 7 nitrogen and oxygen atoms in total. The average Bonchev–Trinajstić information content (AvgIpc) is 2.92. The summed E-state index contributed by atoms with van der Waals surface area (Å²) in [6.07, 6.45) is -4.54. The van der Waals surface area contributed by atoms with Crippen LogP contribution in [0.5, 0.6) is 0 Å². The number of alkyl halides is 3. The predicted octanol–water partition coefficient (Wildman–Crippen LogP) is 5.42. The van der Waals surface area contributed by atoms with Gasteiger partial charge >= 0.3 is 6.18 Å². The molecule has 3 aromatic rings. The van der Waals surface area contributed by atoms with Gasteiger partial charge in [0.2, 0.25) is 11.8 Å². The van der Waals surface area contributed by atoms with Crippen LogP contribution < -0.4 is 9.62 Å². The summed E-state index contributed by atoms with van der Waals surface area (Å²) in [5.41, 5.74) is -0.0298. The Labute approximate surface area is 236 Å². The molecule has 0 bridgehead atoms. The summed E-state index contributed by atoms with van der Waals surface area (Å²) in [5, 5.41) is 2.96. The maximum Gasteiger partial charge on any atom is 0.416 e. The van der Waals surface area contributed by atoms with E-state index in [1.54, 1.807) is 50.2 Å². The van der Waals surface area contributed by atoms with Crippen LogP contribution in [0.2, 0.25) is 5.02 Å². The first-order valence-corrected chi connectivity index (χ1v) is 14.1. The van der Waals surface area contributed by atoms with Gasteiger partial charge in [0.25, 0.3) is 10.0 Å². The lowest BCUT2D eigenvalue weighted by Crippen LogP contribution is -2.51. The van der Waals surface area contributed by atoms with E-state index in [1.807, 2.05) is 0 Å². The van der Waals surface area contributed by atoms with E-state index in [-0.39, 0.29) is 23.5 Å². The highest BCUT2D eigenvalue weighted by Crippen LogP contribution is 2.33. The summed E-state index contributed by atoms with van der Waals surface area (Å²) in [5.74, 6) is -1.25. The number of likely N-dealkylation sites (N-methyl/N-ethyl adjacent to an activating group) is 1. The van der Waals surface area contributed by atoms with Crippen molar-refractivity contribution in [3.63, 3.8) is 0 Å². The van der Waals surface area contributed by atoms with Crippen LogP contribution in [-0.4, -0.2) is 44.8 Å². The normalized spacial score (nSPS) is 12.5. The first kappa shape index (κ1) is 31.0. The van der Waals surface area contributed by atoms with Gasteiger partial charge in [-0.2, -0.15) is 13.2 Å². The van der Waals surface area contributed by atoms with Gasteiger partial charge in [0, 0.05) is 18.6 Å². The quantitative estimate of drug-likeness (QED) is 0.339. The van der Waals surface area contributed by atoms with Crippen molar-refractivity contribution in [2.75, 3.05) is 17.9 Å². The fourth-order valence-electron chi connectivity index (χ4n) is 4.08. The number of hydrogen-bond acceptors (Lipinski definition) is 4. The molecule has 1 N–H and O–H groups in total. The van der Waals surface area contributed by atoms with Crippen LogP contribution in [-0.2, 0) is 32.3 Å². The van der Waals surface area contributed by atoms with Gasteiger partial charge in [0.05, 0.1) is 16.1 Å². The zero-order valence-electron chi connectivity index (χ0n) is 22.1. The third-order valence-electron chi connectivity index (χ3n) is 6.25. The zero-order chi connectivity index (χ0) is 29.7. The molecule has 2 amide bonds. The number of carbonyl (C=O) groups is 2. The number of halogens is 4. The molecule has 12 heteroatoms. The van der Waals surface area contributed by atoms with Gasteiger partial charge in [0.15, 0.2) is 0 Å². The number of anilines is 1. The molecule has 0 fully saturated rings. The molecule has 0 saturated heterocycles. The highest BCUT2D eigenvalue weighted by molar-refractivity contribution is 7.92. The van der Waals surface area contributed by atoms with Gasteiger partial charge in [0.1, 0.15) is 12.6 Å². The lowest BCUT2D eigenvalue weighted by atomic mass is 10.1. The van der Waals surface area contributed by atoms with Crippen LogP contribution >= 0.6 is 11.6 Å². The number of nitrogens with one attached hydrogen (secondary N) is 1. The Hall–Kier alpha value is -3.57. The molecule has 0 aliphatic carbocycles. The second-order valence-corrected chi connectivity index (χ2v) is 11.4. The smallest absolute Gasteiger partial charge is 0.357 e. The fraction of sp³-hybridized carbons (Fsp3) is 0.286. The van der Waals surface area contributed by atoms with Crippen LogP contribution in [0.15, 0.2) is 77.7 Å². The molecule has 1 unspecified atom stereocenters. The Morgan fingerprint density at radius 2 is 1.62 bits per heavy atom. The van der Waals surface area contributed by atoms with E-state index in [0.29, 0.717) is 21.0 Å². The minimum Gasteiger partial charge on any atom is -0.357 e. The maximum atomic E-state index is 13.8. The topological polar surface area (TPSA) is 86.8 Å². The molecule has 40 heavy (non-hydrogen) atoms. The second-order valence-electron chi connectivity index (χ2n) is 9.06. The van der Waals surface area contributed by atoms with Gasteiger partial charge in [-0.25, -0.2) is 8.42 Å². The van der Waals surface area contributed by atoms with Crippen LogP contribution in [0, 0.1) is 6.92 Å². The van der Waals surface area contributed by atoms with Crippen molar-refractivity contribution >= 4 is 39.1 Å². The second kappa shape index (κ2) is 12.7. The van der Waals surface area contributed by atoms with E-state index >= 15 is 0 Å². The predicted molar refractivity (Wildman–Crippen MR) is 147 cm³/mol. The monoisotopic (exact) mass is 595 g/mol. The molecular formula is C28H29ClF3N3O4S. The Kier molecular flexibility index (Phi) is 9.86. The number of sulfonamides is 1. The summed E-state index contributed by atoms with van der Waals surface area (Å²) < 4.78 is 68.8. The Morgan fingerprint density at radius 3 is 2.17 bits per heavy atom. The summed E-state index contributed by atoms with van der Waals surface area (Å²) in [7, 11) is -3.09. The number of hydrogen-bond donors (Lipinski definition) is 1. The van der Waals surface area contributed by atoms with Crippen molar-refractivity contribution < 1.29 is 31.2 Å². The van der Waals surface area contributed by atoms with Crippen LogP contribution in [0.25, 0.3) is 0 Å². The molecule has 0 aliphatic heterocycles. The minimum atomic E-state index is -4.74. The number of rotatable bonds is 10. The first-order chi connectivity index (χ1) is 18.8. The summed E-state index contributed by atoms with van der Waals surface area (Å²) in [4.78, 5) is 27.5. The number of aryl methyl sites for hydroxylation is 1. The Bertz CT molecular complexity index is 1450. The highest BCUT2D eigenvalue weighted by atomic mass is 35.5. The molecule has 0 aliphatic rings. The molecule has 0 spiro atoms. The lowest BCUT2D eigenvalue weighted by Gasteiger charge is -2.33. The maximum absolute atomic E-state index is 13.8. The van der Waals surface area contributed by atoms with Gasteiger partial charge in [-0.1, -0.05) is 54.4 Å². The number of nitrogens with zero attached hydrogens (tertiary/aromatic N) is 2. The van der Waals surface area contributed by atoms with Crippen molar-refractivity contribution in [1.29, 1.82) is 0 Å². The Morgan fingerprint density at radius 1 is 1.00 bits per heavy atom. The minimum absolute atomic E-state index is 0.0665. The van der Waals surface area contributed by atoms with Gasteiger partial charge in [-0.15, -0.1) is 0 Å². The average molecular weight is 596 g/mol. The molecule has 3 aromatic carbocycles. The molecule has 3 rings (SSSR count). The molecule has 0 saturated carbocycles. The van der Waals surface area contributed by atoms with E-state index in [2.05, 4.69) is 5.32 Å². The van der Waals surface area contributed by atoms with Crippen molar-refractivity contribution in [2.24, 2.45) is 0 Å². The van der Waals surface area contributed by atoms with E-state index in [4.69, 9.17) is 11.6 Å². The van der Waals surface area contributed by atoms with E-state index < -0.39 is 46.2 Å². The van der Waals surface area contributed by atoms with Gasteiger partial charge in [-0.05, 0) is 61.4 Å². The largest absolute Gasteiger partial charge is 0.416 e. The number of benzene rings is 3. The molecule has 0 aromatic heterocycles. The lowest BCUT2D eigenvalue weighted by molar-refractivity contribution is -0.140. The number of carbonyl (C=O) groups excluding carboxylic acids is 2. The Balaban J connectivity index is 2.11. The third kappa shape index (κ3) is 7.33. The summed E-state index contributed by atoms with van der Waals surface area (Å²) in [6.45, 7) is 2.53. The van der Waals surface area contributed by atoms with Crippen molar-refractivity contribution in [1.82, 2.24) is 10.2 Å². The summed E-state index contributed by atoms with van der Waals surface area (Å²) in [6, 6.07) is 15.0. The molecule has 214 valence electrons. The van der Waals surface area contributed by atoms with Crippen LogP contribution in [0.3, 0.4) is 0 Å². The molecule has 0 heterocycles. The van der Waals surface area contributed by atoms with Crippen LogP contribution in [0.4, 0.5) is 18.9 Å². The number of amides is 2. The third-order valence-corrected chi connectivity index (χ3v) is 8.29. The zero-order valence-corrected chi connectivity index (χ0v) is 23.6. The standard InChI is InChI=1S/C28H29ClF3N3O4S/c1-4-25(27(37)33-3)34(17-20-10-12-22(29)13-11-20)26(36)18-35(23-7-5-6-21(16-23)28(30,31)32)40(38,39)24-14-8-19(2)9-15-24/h5-16,25H,4,17-18H2,1-3H3,(H,33,37). The fourth-order valence-corrected chi connectivity index (χ4v) is 5.61. The van der Waals surface area contributed by atoms with Crippen molar-refractivity contribution in [2.45, 2.75) is 43.9 Å². The van der Waals surface area contributed by atoms with Crippen LogP contribution in [0.1, 0.15) is 30.0 Å². The van der Waals surface area contributed by atoms with Crippen molar-refractivity contribution in [3.05, 3.63) is 94.5 Å². The first-order valence-electron chi connectivity index (χ1n) is 12.3. The molecule has 1 atom stereocenters. The van der Waals surface area contributed by atoms with Crippen molar-refractivity contribution in [3.8, 4) is 0 Å². The van der Waals surface area contributed by atoms with E-state index in [9.17, 15) is 31.2 Å². The van der Waals surface area contributed by atoms with E-state index in [0.717, 1.165) is 17.7 Å². The highest BCUT2D eigenvalue weighted by Gasteiger charge is 2.35. The molecular weight excluding hydrogens is 567 g/mol. The van der Waals surface area contributed by atoms with Gasteiger partial charge in [-0.3, -0.25) is 13.9 Å². The summed E-state index contributed by atoms with van der Waals surface area (Å²) >= 11 is 5.97.